The Bertz CT molecular complexity index is 345. The highest BCUT2D eigenvalue weighted by Gasteiger charge is 2.04. The topological polar surface area (TPSA) is 21.3 Å². The number of aryl methyl sites for hydroxylation is 1. The van der Waals surface area contributed by atoms with E-state index >= 15 is 0 Å². The van der Waals surface area contributed by atoms with Gasteiger partial charge in [-0.3, -0.25) is 0 Å². The largest absolute Gasteiger partial charge is 0.489 e. The molecule has 0 heterocycles. The Kier molecular flexibility index (Phi) is 8.36. The number of ether oxygens (including phenoxy) is 1. The van der Waals surface area contributed by atoms with Gasteiger partial charge in [-0.15, -0.1) is 0 Å². The summed E-state index contributed by atoms with van der Waals surface area (Å²) in [5.41, 5.74) is 1.40. The van der Waals surface area contributed by atoms with E-state index in [9.17, 15) is 0 Å². The van der Waals surface area contributed by atoms with E-state index in [0.29, 0.717) is 0 Å². The van der Waals surface area contributed by atoms with Crippen LogP contribution in [0.1, 0.15) is 52.5 Å². The van der Waals surface area contributed by atoms with Crippen LogP contribution in [-0.4, -0.2) is 19.2 Å². The molecule has 2 heteroatoms. The zero-order chi connectivity index (χ0) is 14.8. The highest BCUT2D eigenvalue weighted by atomic mass is 16.5. The highest BCUT2D eigenvalue weighted by Crippen LogP contribution is 2.15. The van der Waals surface area contributed by atoms with Crippen molar-refractivity contribution in [2.24, 2.45) is 5.92 Å². The molecule has 0 fully saturated rings. The molecule has 0 aliphatic heterocycles. The zero-order valence-electron chi connectivity index (χ0n) is 13.6. The van der Waals surface area contributed by atoms with Crippen molar-refractivity contribution in [2.75, 3.05) is 13.1 Å². The predicted octanol–water partition coefficient (Wildman–Crippen LogP) is 4.43. The Hall–Kier alpha value is -1.02. The summed E-state index contributed by atoms with van der Waals surface area (Å²) in [7, 11) is 0. The van der Waals surface area contributed by atoms with Gasteiger partial charge in [0.1, 0.15) is 11.9 Å². The van der Waals surface area contributed by atoms with Gasteiger partial charge in [0.25, 0.3) is 0 Å². The third kappa shape index (κ3) is 7.54. The minimum atomic E-state index is 0.212. The average Bonchev–Trinajstić information content (AvgIpc) is 2.43. The van der Waals surface area contributed by atoms with Gasteiger partial charge in [-0.25, -0.2) is 0 Å². The Balaban J connectivity index is 2.25. The van der Waals surface area contributed by atoms with Gasteiger partial charge < -0.3 is 10.1 Å². The molecule has 1 atom stereocenters. The van der Waals surface area contributed by atoms with Gasteiger partial charge in [-0.2, -0.15) is 0 Å². The van der Waals surface area contributed by atoms with E-state index in [1.807, 2.05) is 0 Å². The number of hydrogen-bond donors (Lipinski definition) is 1. The van der Waals surface area contributed by atoms with Crippen molar-refractivity contribution in [3.05, 3.63) is 29.8 Å². The van der Waals surface area contributed by atoms with E-state index in [4.69, 9.17) is 4.74 Å². The lowest BCUT2D eigenvalue weighted by atomic mass is 10.1. The van der Waals surface area contributed by atoms with Crippen molar-refractivity contribution in [1.29, 1.82) is 0 Å². The summed E-state index contributed by atoms with van der Waals surface area (Å²) >= 11 is 0. The number of nitrogens with one attached hydrogen (secondary N) is 1. The summed E-state index contributed by atoms with van der Waals surface area (Å²) in [5.74, 6) is 1.73. The molecule has 2 nitrogen and oxygen atoms in total. The molecule has 20 heavy (non-hydrogen) atoms. The van der Waals surface area contributed by atoms with Crippen LogP contribution in [0.25, 0.3) is 0 Å². The minimum absolute atomic E-state index is 0.212. The van der Waals surface area contributed by atoms with E-state index in [1.165, 1.54) is 31.2 Å². The molecule has 114 valence electrons. The zero-order valence-corrected chi connectivity index (χ0v) is 13.6. The molecule has 1 rings (SSSR count). The van der Waals surface area contributed by atoms with Crippen LogP contribution in [0, 0.1) is 5.92 Å². The fourth-order valence-electron chi connectivity index (χ4n) is 2.09. The summed E-state index contributed by atoms with van der Waals surface area (Å²) in [6.07, 6.45) is 5.11. The molecule has 1 aromatic rings. The fraction of sp³-hybridized carbons (Fsp3) is 0.667. The van der Waals surface area contributed by atoms with Gasteiger partial charge >= 0.3 is 0 Å². The van der Waals surface area contributed by atoms with Crippen LogP contribution in [0.5, 0.6) is 5.75 Å². The molecule has 0 aliphatic rings. The van der Waals surface area contributed by atoms with Crippen LogP contribution in [-0.2, 0) is 6.42 Å². The maximum Gasteiger partial charge on any atom is 0.119 e. The van der Waals surface area contributed by atoms with Crippen LogP contribution in [0.15, 0.2) is 24.3 Å². The van der Waals surface area contributed by atoms with Crippen molar-refractivity contribution in [2.45, 2.75) is 59.5 Å². The predicted molar refractivity (Wildman–Crippen MR) is 87.5 cm³/mol. The molecule has 1 aromatic carbocycles. The molecular formula is C18H31NO. The van der Waals surface area contributed by atoms with Gasteiger partial charge in [-0.1, -0.05) is 39.3 Å². The fourth-order valence-corrected chi connectivity index (χ4v) is 2.09. The molecule has 0 saturated carbocycles. The Morgan fingerprint density at radius 3 is 2.40 bits per heavy atom. The van der Waals surface area contributed by atoms with Crippen LogP contribution in [0.2, 0.25) is 0 Å². The van der Waals surface area contributed by atoms with Gasteiger partial charge in [0.15, 0.2) is 0 Å². The second-order valence-electron chi connectivity index (χ2n) is 6.06. The van der Waals surface area contributed by atoms with E-state index in [-0.39, 0.29) is 6.10 Å². The average molecular weight is 277 g/mol. The van der Waals surface area contributed by atoms with E-state index in [0.717, 1.165) is 24.8 Å². The third-order valence-electron chi connectivity index (χ3n) is 3.41. The van der Waals surface area contributed by atoms with Gasteiger partial charge in [0.2, 0.25) is 0 Å². The molecule has 0 saturated heterocycles. The first-order valence-electron chi connectivity index (χ1n) is 8.08. The molecule has 1 unspecified atom stereocenters. The quantitative estimate of drug-likeness (QED) is 0.639. The van der Waals surface area contributed by atoms with Crippen molar-refractivity contribution < 1.29 is 4.74 Å². The van der Waals surface area contributed by atoms with Gasteiger partial charge in [0.05, 0.1) is 0 Å². The van der Waals surface area contributed by atoms with Crippen LogP contribution >= 0.6 is 0 Å². The summed E-state index contributed by atoms with van der Waals surface area (Å²) < 4.78 is 5.92. The normalized spacial score (nSPS) is 12.7. The van der Waals surface area contributed by atoms with Crippen molar-refractivity contribution in [1.82, 2.24) is 5.32 Å². The maximum atomic E-state index is 5.92. The lowest BCUT2D eigenvalue weighted by molar-refractivity contribution is 0.216. The summed E-state index contributed by atoms with van der Waals surface area (Å²) in [6, 6.07) is 8.55. The minimum Gasteiger partial charge on any atom is -0.489 e. The SMILES string of the molecule is CCCCc1ccc(OC(C)CNCCC(C)C)cc1. The van der Waals surface area contributed by atoms with Gasteiger partial charge in [-0.05, 0) is 56.3 Å². The smallest absolute Gasteiger partial charge is 0.119 e. The molecule has 0 bridgehead atoms. The van der Waals surface area contributed by atoms with Crippen LogP contribution in [0.3, 0.4) is 0 Å². The first-order chi connectivity index (χ1) is 9.61. The van der Waals surface area contributed by atoms with E-state index in [2.05, 4.69) is 57.3 Å². The molecule has 0 aliphatic carbocycles. The molecule has 0 aromatic heterocycles. The lowest BCUT2D eigenvalue weighted by Crippen LogP contribution is -2.30. The van der Waals surface area contributed by atoms with E-state index < -0.39 is 0 Å². The summed E-state index contributed by atoms with van der Waals surface area (Å²) in [4.78, 5) is 0. The molecule has 0 spiro atoms. The number of rotatable bonds is 10. The maximum absolute atomic E-state index is 5.92. The Morgan fingerprint density at radius 2 is 1.80 bits per heavy atom. The van der Waals surface area contributed by atoms with Crippen LogP contribution < -0.4 is 10.1 Å². The standard InChI is InChI=1S/C18H31NO/c1-5-6-7-17-8-10-18(11-9-17)20-16(4)14-19-13-12-15(2)3/h8-11,15-16,19H,5-7,12-14H2,1-4H3. The Morgan fingerprint density at radius 1 is 1.10 bits per heavy atom. The van der Waals surface area contributed by atoms with Crippen molar-refractivity contribution in [3.63, 3.8) is 0 Å². The van der Waals surface area contributed by atoms with Crippen LogP contribution in [0.4, 0.5) is 0 Å². The second kappa shape index (κ2) is 9.82. The summed E-state index contributed by atoms with van der Waals surface area (Å²) in [6.45, 7) is 10.8. The molecule has 0 amide bonds. The summed E-state index contributed by atoms with van der Waals surface area (Å²) in [5, 5.41) is 3.45. The monoisotopic (exact) mass is 277 g/mol. The van der Waals surface area contributed by atoms with Gasteiger partial charge in [0, 0.05) is 6.54 Å². The molecule has 0 radical (unpaired) electrons. The number of unbranched alkanes of at least 4 members (excludes halogenated alkanes) is 1. The van der Waals surface area contributed by atoms with Crippen molar-refractivity contribution in [3.8, 4) is 5.75 Å². The highest BCUT2D eigenvalue weighted by molar-refractivity contribution is 5.27. The molecule has 1 N–H and O–H groups in total. The second-order valence-corrected chi connectivity index (χ2v) is 6.06. The number of benzene rings is 1. The van der Waals surface area contributed by atoms with Crippen molar-refractivity contribution >= 4 is 0 Å². The Labute approximate surface area is 124 Å². The molecular weight excluding hydrogens is 246 g/mol. The number of hydrogen-bond acceptors (Lipinski definition) is 2. The lowest BCUT2D eigenvalue weighted by Gasteiger charge is -2.16. The first kappa shape index (κ1) is 17.0. The first-order valence-corrected chi connectivity index (χ1v) is 8.08. The van der Waals surface area contributed by atoms with E-state index in [1.54, 1.807) is 0 Å². The third-order valence-corrected chi connectivity index (χ3v) is 3.41.